The van der Waals surface area contributed by atoms with E-state index < -0.39 is 5.97 Å². The third-order valence-electron chi connectivity index (χ3n) is 3.00. The summed E-state index contributed by atoms with van der Waals surface area (Å²) in [5.41, 5.74) is 3.65. The van der Waals surface area contributed by atoms with Crippen LogP contribution in [0.4, 0.5) is 5.69 Å². The lowest BCUT2D eigenvalue weighted by molar-refractivity contribution is 0.0695. The summed E-state index contributed by atoms with van der Waals surface area (Å²) in [6.45, 7) is 1.71. The predicted molar refractivity (Wildman–Crippen MR) is 75.7 cm³/mol. The summed E-state index contributed by atoms with van der Waals surface area (Å²) < 4.78 is 0. The fourth-order valence-corrected chi connectivity index (χ4v) is 1.88. The summed E-state index contributed by atoms with van der Waals surface area (Å²) >= 11 is 0. The number of hydrogen-bond acceptors (Lipinski definition) is 3. The average Bonchev–Trinajstić information content (AvgIpc) is 2.38. The Morgan fingerprint density at radius 1 is 1.11 bits per heavy atom. The lowest BCUT2D eigenvalue weighted by Crippen LogP contribution is -2.08. The molecule has 1 N–H and O–H groups in total. The lowest BCUT2D eigenvalue weighted by atomic mass is 10.1. The molecule has 0 amide bonds. The molecular weight excluding hydrogens is 240 g/mol. The molecule has 1 heterocycles. The van der Waals surface area contributed by atoms with Crippen molar-refractivity contribution in [3.8, 4) is 11.3 Å². The smallest absolute Gasteiger partial charge is 0.337 e. The molecule has 1 aromatic heterocycles. The second kappa shape index (κ2) is 5.10. The number of aromatic nitrogens is 1. The number of aryl methyl sites for hydroxylation is 1. The molecule has 0 aliphatic carbocycles. The predicted octanol–water partition coefficient (Wildman–Crippen LogP) is 2.82. The average molecular weight is 256 g/mol. The summed E-state index contributed by atoms with van der Waals surface area (Å²) in [7, 11) is 3.97. The number of anilines is 1. The van der Waals surface area contributed by atoms with Crippen LogP contribution in [-0.2, 0) is 0 Å². The van der Waals surface area contributed by atoms with Gasteiger partial charge in [0.25, 0.3) is 0 Å². The maximum absolute atomic E-state index is 10.9. The van der Waals surface area contributed by atoms with Crippen LogP contribution in [0.25, 0.3) is 11.3 Å². The monoisotopic (exact) mass is 256 g/mol. The number of carboxylic acid groups (broad SMARTS) is 1. The molecule has 0 aliphatic rings. The first-order chi connectivity index (χ1) is 8.99. The van der Waals surface area contributed by atoms with Crippen molar-refractivity contribution in [3.05, 3.63) is 47.7 Å². The fourth-order valence-electron chi connectivity index (χ4n) is 1.88. The van der Waals surface area contributed by atoms with E-state index in [4.69, 9.17) is 5.11 Å². The van der Waals surface area contributed by atoms with Gasteiger partial charge in [-0.25, -0.2) is 4.79 Å². The van der Waals surface area contributed by atoms with Crippen LogP contribution >= 0.6 is 0 Å². The lowest BCUT2D eigenvalue weighted by Gasteiger charge is -2.12. The van der Waals surface area contributed by atoms with E-state index in [0.29, 0.717) is 5.69 Å². The van der Waals surface area contributed by atoms with Crippen molar-refractivity contribution in [2.75, 3.05) is 19.0 Å². The van der Waals surface area contributed by atoms with E-state index in [1.54, 1.807) is 19.1 Å². The Labute approximate surface area is 112 Å². The summed E-state index contributed by atoms with van der Waals surface area (Å²) in [5, 5.41) is 8.98. The highest BCUT2D eigenvalue weighted by atomic mass is 16.4. The number of benzene rings is 1. The summed E-state index contributed by atoms with van der Waals surface area (Å²) in [6, 6.07) is 11.3. The number of pyridine rings is 1. The molecule has 1 aromatic carbocycles. The Kier molecular flexibility index (Phi) is 3.51. The van der Waals surface area contributed by atoms with Crippen LogP contribution in [0, 0.1) is 6.92 Å². The van der Waals surface area contributed by atoms with Crippen LogP contribution in [0.3, 0.4) is 0 Å². The molecule has 2 rings (SSSR count). The third kappa shape index (κ3) is 2.73. The van der Waals surface area contributed by atoms with Gasteiger partial charge in [-0.2, -0.15) is 0 Å². The van der Waals surface area contributed by atoms with E-state index in [9.17, 15) is 4.79 Å². The van der Waals surface area contributed by atoms with Crippen LogP contribution in [0.5, 0.6) is 0 Å². The number of carboxylic acids is 1. The molecule has 98 valence electrons. The minimum atomic E-state index is -0.945. The van der Waals surface area contributed by atoms with E-state index in [-0.39, 0.29) is 5.56 Å². The van der Waals surface area contributed by atoms with Gasteiger partial charge < -0.3 is 10.0 Å². The summed E-state index contributed by atoms with van der Waals surface area (Å²) in [5.74, 6) is -0.945. The topological polar surface area (TPSA) is 53.4 Å². The molecule has 0 radical (unpaired) electrons. The highest BCUT2D eigenvalue weighted by Crippen LogP contribution is 2.22. The van der Waals surface area contributed by atoms with Gasteiger partial charge in [0.2, 0.25) is 0 Å². The largest absolute Gasteiger partial charge is 0.478 e. The van der Waals surface area contributed by atoms with Gasteiger partial charge in [0.1, 0.15) is 0 Å². The Balaban J connectivity index is 2.37. The summed E-state index contributed by atoms with van der Waals surface area (Å²) in [6.07, 6.45) is 0. The van der Waals surface area contributed by atoms with Crippen molar-refractivity contribution in [1.82, 2.24) is 4.98 Å². The SMILES string of the molecule is Cc1nc(-c2ccc(N(C)C)cc2)ccc1C(=O)O. The van der Waals surface area contributed by atoms with E-state index in [1.165, 1.54) is 0 Å². The molecule has 2 aromatic rings. The number of hydrogen-bond donors (Lipinski definition) is 1. The number of nitrogens with zero attached hydrogens (tertiary/aromatic N) is 2. The Morgan fingerprint density at radius 3 is 2.21 bits per heavy atom. The van der Waals surface area contributed by atoms with Crippen molar-refractivity contribution < 1.29 is 9.90 Å². The van der Waals surface area contributed by atoms with E-state index in [1.807, 2.05) is 43.3 Å². The fraction of sp³-hybridized carbons (Fsp3) is 0.200. The highest BCUT2D eigenvalue weighted by molar-refractivity contribution is 5.89. The van der Waals surface area contributed by atoms with Gasteiger partial charge in [-0.1, -0.05) is 12.1 Å². The Hall–Kier alpha value is -2.36. The number of rotatable bonds is 3. The maximum Gasteiger partial charge on any atom is 0.337 e. The molecule has 19 heavy (non-hydrogen) atoms. The second-order valence-corrected chi connectivity index (χ2v) is 4.58. The maximum atomic E-state index is 10.9. The first kappa shape index (κ1) is 13.1. The van der Waals surface area contributed by atoms with Crippen molar-refractivity contribution in [2.45, 2.75) is 6.92 Å². The van der Waals surface area contributed by atoms with Gasteiger partial charge in [-0.3, -0.25) is 4.98 Å². The minimum absolute atomic E-state index is 0.244. The highest BCUT2D eigenvalue weighted by Gasteiger charge is 2.09. The zero-order valence-corrected chi connectivity index (χ0v) is 11.2. The normalized spacial score (nSPS) is 10.3. The quantitative estimate of drug-likeness (QED) is 0.917. The van der Waals surface area contributed by atoms with Crippen LogP contribution < -0.4 is 4.90 Å². The molecule has 0 aliphatic heterocycles. The molecular formula is C15H16N2O2. The Morgan fingerprint density at radius 2 is 1.74 bits per heavy atom. The van der Waals surface area contributed by atoms with Crippen LogP contribution in [0.1, 0.15) is 16.1 Å². The summed E-state index contributed by atoms with van der Waals surface area (Å²) in [4.78, 5) is 17.3. The van der Waals surface area contributed by atoms with Crippen LogP contribution in [0.2, 0.25) is 0 Å². The standard InChI is InChI=1S/C15H16N2O2/c1-10-13(15(18)19)8-9-14(16-10)11-4-6-12(7-5-11)17(2)3/h4-9H,1-3H3,(H,18,19). The van der Waals surface area contributed by atoms with Gasteiger partial charge in [0, 0.05) is 25.3 Å². The molecule has 4 nitrogen and oxygen atoms in total. The molecule has 0 atom stereocenters. The molecule has 4 heteroatoms. The first-order valence-electron chi connectivity index (χ1n) is 5.98. The van der Waals surface area contributed by atoms with Gasteiger partial charge in [0.15, 0.2) is 0 Å². The Bertz CT molecular complexity index is 604. The molecule has 0 bridgehead atoms. The molecule has 0 saturated heterocycles. The van der Waals surface area contributed by atoms with Gasteiger partial charge in [0.05, 0.1) is 17.0 Å². The minimum Gasteiger partial charge on any atom is -0.478 e. The zero-order valence-electron chi connectivity index (χ0n) is 11.2. The molecule has 0 spiro atoms. The van der Waals surface area contributed by atoms with Crippen molar-refractivity contribution >= 4 is 11.7 Å². The third-order valence-corrected chi connectivity index (χ3v) is 3.00. The van der Waals surface area contributed by atoms with Gasteiger partial charge >= 0.3 is 5.97 Å². The zero-order chi connectivity index (χ0) is 14.0. The van der Waals surface area contributed by atoms with Crippen molar-refractivity contribution in [2.24, 2.45) is 0 Å². The van der Waals surface area contributed by atoms with Gasteiger partial charge in [-0.05, 0) is 31.2 Å². The van der Waals surface area contributed by atoms with Crippen LogP contribution in [0.15, 0.2) is 36.4 Å². The van der Waals surface area contributed by atoms with E-state index in [0.717, 1.165) is 16.9 Å². The number of aromatic carboxylic acids is 1. The van der Waals surface area contributed by atoms with E-state index >= 15 is 0 Å². The molecule has 0 saturated carbocycles. The van der Waals surface area contributed by atoms with Gasteiger partial charge in [-0.15, -0.1) is 0 Å². The molecule has 0 fully saturated rings. The van der Waals surface area contributed by atoms with Crippen LogP contribution in [-0.4, -0.2) is 30.2 Å². The number of carbonyl (C=O) groups is 1. The van der Waals surface area contributed by atoms with Crippen molar-refractivity contribution in [3.63, 3.8) is 0 Å². The van der Waals surface area contributed by atoms with E-state index in [2.05, 4.69) is 4.98 Å². The first-order valence-corrected chi connectivity index (χ1v) is 5.98. The second-order valence-electron chi connectivity index (χ2n) is 4.58. The molecule has 0 unspecified atom stereocenters. The van der Waals surface area contributed by atoms with Crippen molar-refractivity contribution in [1.29, 1.82) is 0 Å².